The van der Waals surface area contributed by atoms with Gasteiger partial charge in [0.05, 0.1) is 53.9 Å². The molecule has 8 heteroatoms. The Balaban J connectivity index is 0.000000135. The quantitative estimate of drug-likeness (QED) is 0.152. The summed E-state index contributed by atoms with van der Waals surface area (Å²) in [5, 5.41) is 17.6. The number of hydrogen-bond acceptors (Lipinski definition) is 6. The van der Waals surface area contributed by atoms with Gasteiger partial charge in [-0.25, -0.2) is 19.9 Å². The van der Waals surface area contributed by atoms with Crippen molar-refractivity contribution in [3.05, 3.63) is 375 Å². The second kappa shape index (κ2) is 25.5. The van der Waals surface area contributed by atoms with Gasteiger partial charge in [0.1, 0.15) is 0 Å². The molecule has 6 nitrogen and oxygen atoms in total. The van der Waals surface area contributed by atoms with Crippen LogP contribution in [0.3, 0.4) is 0 Å². The van der Waals surface area contributed by atoms with Gasteiger partial charge in [-0.2, -0.15) is 0 Å². The first-order valence-corrected chi connectivity index (χ1v) is 40.2. The van der Waals surface area contributed by atoms with E-state index in [0.717, 1.165) is 83.8 Å². The van der Waals surface area contributed by atoms with Crippen LogP contribution in [0.4, 0.5) is 0 Å². The van der Waals surface area contributed by atoms with E-state index in [9.17, 15) is 0 Å². The fourth-order valence-electron chi connectivity index (χ4n) is 18.4. The Morgan fingerprint density at radius 2 is 0.628 bits per heavy atom. The highest BCUT2D eigenvalue weighted by Gasteiger charge is 2.36. The van der Waals surface area contributed by atoms with E-state index in [1.807, 2.05) is 22.7 Å². The molecule has 24 rings (SSSR count). The van der Waals surface area contributed by atoms with E-state index in [-0.39, 0.29) is 5.41 Å². The molecule has 0 radical (unpaired) electrons. The standard InChI is InChI=1S/C54H33N3S.C51H33N3S/c1-3-16-34(17-4-1)37-30-38(35-18-5-2-6-19-35)32-39(31-37)51-43-24-9-12-27-46(43)55-54(56-51)36-20-15-21-40(33-36)57-47-28-13-10-25-44(47)49-41-22-7-8-23-42(41)50-45-26-11-14-29-48(45)58-53(50)52(49)57;1-51(2)40-22-9-5-16-33(40)34-27-26-30(29-41(34)51)47-37-19-6-10-23-42(37)52-50(53-47)31-14-13-15-32(28-31)54-43-24-11-7-20-38(43)45-35-17-3-4-18-36(35)46-39-21-8-12-25-44(39)55-49(46)48(45)54/h1-33H;3-29H,1-2H3. The van der Waals surface area contributed by atoms with Crippen molar-refractivity contribution < 1.29 is 0 Å². The minimum Gasteiger partial charge on any atom is -0.308 e. The zero-order valence-electron chi connectivity index (χ0n) is 61.6. The summed E-state index contributed by atoms with van der Waals surface area (Å²) in [6.45, 7) is 4.67. The van der Waals surface area contributed by atoms with Gasteiger partial charge >= 0.3 is 0 Å². The topological polar surface area (TPSA) is 61.4 Å². The van der Waals surface area contributed by atoms with Crippen LogP contribution in [-0.4, -0.2) is 29.1 Å². The predicted molar refractivity (Wildman–Crippen MR) is 479 cm³/mol. The molecule has 0 N–H and O–H groups in total. The highest BCUT2D eigenvalue weighted by atomic mass is 32.1. The Morgan fingerprint density at radius 1 is 0.248 bits per heavy atom. The maximum Gasteiger partial charge on any atom is 0.160 e. The SMILES string of the molecule is CC1(C)c2ccccc2-c2ccc(-c3nc(-c4cccc(-n5c6ccccc6c6c7ccccc7c7c8ccccc8sc7c65)c4)nc4ccccc34)cc21.c1ccc(-c2cc(-c3ccccc3)cc(-c3nc(-c4cccc(-n5c6ccccc6c6c7ccccc7c7c8ccccc8sc7c65)c4)nc4ccccc34)c2)cc1. The molecule has 0 saturated carbocycles. The largest absolute Gasteiger partial charge is 0.308 e. The Morgan fingerprint density at radius 3 is 1.13 bits per heavy atom. The summed E-state index contributed by atoms with van der Waals surface area (Å²) in [4.78, 5) is 21.3. The van der Waals surface area contributed by atoms with Gasteiger partial charge < -0.3 is 9.13 Å². The molecule has 0 fully saturated rings. The first-order valence-electron chi connectivity index (χ1n) is 38.6. The molecular formula is C105H66N6S2. The lowest BCUT2D eigenvalue weighted by Crippen LogP contribution is -2.15. The molecule has 1 aliphatic carbocycles. The second-order valence-corrected chi connectivity index (χ2v) is 32.3. The molecule has 113 heavy (non-hydrogen) atoms. The minimum atomic E-state index is -0.102. The highest BCUT2D eigenvalue weighted by Crippen LogP contribution is 2.53. The third-order valence-electron chi connectivity index (χ3n) is 23.5. The van der Waals surface area contributed by atoms with Crippen molar-refractivity contribution in [2.45, 2.75) is 19.3 Å². The van der Waals surface area contributed by atoms with Crippen LogP contribution in [-0.2, 0) is 5.41 Å². The average Bonchev–Trinajstić information content (AvgIpc) is 1.55. The van der Waals surface area contributed by atoms with Crippen LogP contribution in [0, 0.1) is 0 Å². The van der Waals surface area contributed by atoms with Crippen molar-refractivity contribution in [2.24, 2.45) is 0 Å². The lowest BCUT2D eigenvalue weighted by atomic mass is 9.82. The molecule has 0 bridgehead atoms. The molecule has 23 aromatic rings. The molecule has 0 atom stereocenters. The monoisotopic (exact) mass is 1470 g/mol. The van der Waals surface area contributed by atoms with Crippen LogP contribution >= 0.6 is 22.7 Å². The Bertz CT molecular complexity index is 7860. The number of para-hydroxylation sites is 4. The smallest absolute Gasteiger partial charge is 0.160 e. The number of nitrogens with zero attached hydrogens (tertiary/aromatic N) is 6. The summed E-state index contributed by atoms with van der Waals surface area (Å²) in [5.41, 5.74) is 24.7. The fraction of sp³-hybridized carbons (Fsp3) is 0.0286. The number of fused-ring (bicyclic) bond motifs is 25. The van der Waals surface area contributed by atoms with E-state index in [1.165, 1.54) is 139 Å². The number of aromatic nitrogens is 6. The second-order valence-electron chi connectivity index (χ2n) is 30.2. The summed E-state index contributed by atoms with van der Waals surface area (Å²) < 4.78 is 10.1. The molecule has 0 spiro atoms. The van der Waals surface area contributed by atoms with Crippen molar-refractivity contribution in [3.8, 4) is 90.0 Å². The van der Waals surface area contributed by atoms with Crippen molar-refractivity contribution in [1.29, 1.82) is 0 Å². The van der Waals surface area contributed by atoms with Crippen molar-refractivity contribution in [1.82, 2.24) is 29.1 Å². The highest BCUT2D eigenvalue weighted by molar-refractivity contribution is 7.27. The van der Waals surface area contributed by atoms with Gasteiger partial charge in [-0.05, 0) is 151 Å². The van der Waals surface area contributed by atoms with Crippen LogP contribution < -0.4 is 0 Å². The number of benzene rings is 17. The van der Waals surface area contributed by atoms with E-state index in [1.54, 1.807) is 0 Å². The van der Waals surface area contributed by atoms with E-state index in [4.69, 9.17) is 19.9 Å². The van der Waals surface area contributed by atoms with E-state index in [0.29, 0.717) is 5.82 Å². The lowest BCUT2D eigenvalue weighted by Gasteiger charge is -2.22. The zero-order chi connectivity index (χ0) is 74.6. The van der Waals surface area contributed by atoms with E-state index < -0.39 is 0 Å². The Labute approximate surface area is 658 Å². The molecule has 1 aliphatic rings. The summed E-state index contributed by atoms with van der Waals surface area (Å²) in [7, 11) is 0. The molecule has 0 saturated heterocycles. The van der Waals surface area contributed by atoms with E-state index in [2.05, 4.69) is 387 Å². The fourth-order valence-corrected chi connectivity index (χ4v) is 20.9. The average molecular weight is 1480 g/mol. The first kappa shape index (κ1) is 64.9. The number of thiophene rings is 2. The van der Waals surface area contributed by atoms with Crippen molar-refractivity contribution >= 4 is 150 Å². The third kappa shape index (κ3) is 10.2. The van der Waals surface area contributed by atoms with Gasteiger partial charge in [0.25, 0.3) is 0 Å². The predicted octanol–water partition coefficient (Wildman–Crippen LogP) is 28.8. The molecular weight excluding hydrogens is 1410 g/mol. The summed E-state index contributed by atoms with van der Waals surface area (Å²) >= 11 is 3.78. The normalized spacial score (nSPS) is 12.6. The summed E-state index contributed by atoms with van der Waals surface area (Å²) in [6.07, 6.45) is 0. The summed E-state index contributed by atoms with van der Waals surface area (Å²) in [6, 6.07) is 131. The van der Waals surface area contributed by atoms with Gasteiger partial charge in [0.2, 0.25) is 0 Å². The number of hydrogen-bond donors (Lipinski definition) is 0. The molecule has 0 unspecified atom stereocenters. The van der Waals surface area contributed by atoms with Crippen LogP contribution in [0.25, 0.3) is 217 Å². The van der Waals surface area contributed by atoms with Crippen molar-refractivity contribution in [3.63, 3.8) is 0 Å². The van der Waals surface area contributed by atoms with Gasteiger partial charge in [0, 0.05) is 102 Å². The molecule has 528 valence electrons. The number of rotatable bonds is 8. The van der Waals surface area contributed by atoms with Gasteiger partial charge in [-0.1, -0.05) is 293 Å². The van der Waals surface area contributed by atoms with Gasteiger partial charge in [-0.3, -0.25) is 0 Å². The maximum absolute atomic E-state index is 5.46. The minimum absolute atomic E-state index is 0.102. The van der Waals surface area contributed by atoms with Gasteiger partial charge in [-0.15, -0.1) is 22.7 Å². The van der Waals surface area contributed by atoms with Crippen LogP contribution in [0.2, 0.25) is 0 Å². The van der Waals surface area contributed by atoms with Crippen molar-refractivity contribution in [2.75, 3.05) is 0 Å². The third-order valence-corrected chi connectivity index (χ3v) is 25.9. The molecule has 6 heterocycles. The lowest BCUT2D eigenvalue weighted by molar-refractivity contribution is 0.660. The summed E-state index contributed by atoms with van der Waals surface area (Å²) in [5.74, 6) is 1.41. The molecule has 0 aliphatic heterocycles. The molecule has 0 amide bonds. The van der Waals surface area contributed by atoms with Crippen LogP contribution in [0.15, 0.2) is 364 Å². The Hall–Kier alpha value is -14.0. The van der Waals surface area contributed by atoms with Crippen LogP contribution in [0.1, 0.15) is 25.0 Å². The Kier molecular flexibility index (Phi) is 14.7. The molecule has 6 aromatic heterocycles. The van der Waals surface area contributed by atoms with Gasteiger partial charge in [0.15, 0.2) is 11.6 Å². The van der Waals surface area contributed by atoms with E-state index >= 15 is 0 Å². The maximum atomic E-state index is 5.46. The molecule has 17 aromatic carbocycles. The first-order chi connectivity index (χ1) is 55.8. The van der Waals surface area contributed by atoms with Crippen LogP contribution in [0.5, 0.6) is 0 Å². The zero-order valence-corrected chi connectivity index (χ0v) is 63.3.